The lowest BCUT2D eigenvalue weighted by Gasteiger charge is -2.09. The summed E-state index contributed by atoms with van der Waals surface area (Å²) in [7, 11) is -2.60. The maximum Gasteiger partial charge on any atom is 0.306 e. The molecule has 0 saturated carbocycles. The van der Waals surface area contributed by atoms with Gasteiger partial charge in [0.05, 0.1) is 23.8 Å². The first kappa shape index (κ1) is 22.1. The Hall–Kier alpha value is -3.64. The highest BCUT2D eigenvalue weighted by molar-refractivity contribution is 7.89. The van der Waals surface area contributed by atoms with Gasteiger partial charge in [-0.2, -0.15) is 0 Å². The number of sulfonamides is 1. The Morgan fingerprint density at radius 1 is 1.10 bits per heavy atom. The zero-order valence-electron chi connectivity index (χ0n) is 16.4. The van der Waals surface area contributed by atoms with Crippen LogP contribution in [0.4, 0.5) is 5.69 Å². The minimum absolute atomic E-state index is 0.0352. The quantitative estimate of drug-likeness (QED) is 0.469. The lowest BCUT2D eigenvalue weighted by molar-refractivity contribution is -0.140. The number of benzene rings is 2. The van der Waals surface area contributed by atoms with Crippen LogP contribution in [0, 0.1) is 0 Å². The summed E-state index contributed by atoms with van der Waals surface area (Å²) >= 11 is 0. The van der Waals surface area contributed by atoms with Crippen LogP contribution in [0.2, 0.25) is 0 Å². The van der Waals surface area contributed by atoms with Gasteiger partial charge in [0.2, 0.25) is 15.9 Å². The number of methoxy groups -OCH3 is 1. The molecule has 2 N–H and O–H groups in total. The third-order valence-corrected chi connectivity index (χ3v) is 5.70. The highest BCUT2D eigenvalue weighted by Crippen LogP contribution is 2.14. The van der Waals surface area contributed by atoms with Gasteiger partial charge >= 0.3 is 5.97 Å². The minimum atomic E-state index is -3.82. The summed E-state index contributed by atoms with van der Waals surface area (Å²) < 4.78 is 32.1. The average Bonchev–Trinajstić information content (AvgIpc) is 2.76. The Morgan fingerprint density at radius 2 is 1.81 bits per heavy atom. The molecule has 162 valence electrons. The van der Waals surface area contributed by atoms with E-state index >= 15 is 0 Å². The standard InChI is InChI=1S/C19H19N5O6S/c1-30-18(26)10-11-20-31(28,29)14-8-6-13(7-9-14)21-17(25)12-24-19(27)15-4-2-3-5-16(15)22-23-24/h2-9,20H,10-12H2,1H3,(H,21,25). The number of ether oxygens (including phenoxy) is 1. The number of esters is 1. The second-order valence-electron chi connectivity index (χ2n) is 6.37. The molecule has 0 bridgehead atoms. The molecule has 2 aromatic carbocycles. The molecule has 11 nitrogen and oxygen atoms in total. The number of fused-ring (bicyclic) bond motifs is 1. The van der Waals surface area contributed by atoms with E-state index < -0.39 is 27.5 Å². The molecule has 1 heterocycles. The topological polar surface area (TPSA) is 149 Å². The third kappa shape index (κ3) is 5.49. The molecule has 1 amide bonds. The molecular weight excluding hydrogens is 426 g/mol. The van der Waals surface area contributed by atoms with Gasteiger partial charge in [0.25, 0.3) is 5.56 Å². The van der Waals surface area contributed by atoms with Crippen molar-refractivity contribution in [2.24, 2.45) is 0 Å². The normalized spacial score (nSPS) is 11.3. The molecule has 0 radical (unpaired) electrons. The average molecular weight is 445 g/mol. The fourth-order valence-corrected chi connectivity index (χ4v) is 3.69. The number of nitrogens with one attached hydrogen (secondary N) is 2. The molecule has 0 atom stereocenters. The fraction of sp³-hybridized carbons (Fsp3) is 0.211. The Labute approximate surface area is 177 Å². The Morgan fingerprint density at radius 3 is 2.52 bits per heavy atom. The van der Waals surface area contributed by atoms with Gasteiger partial charge in [0.15, 0.2) is 0 Å². The van der Waals surface area contributed by atoms with Gasteiger partial charge in [-0.3, -0.25) is 14.4 Å². The molecule has 3 aromatic rings. The predicted octanol–water partition coefficient (Wildman–Crippen LogP) is 0.272. The molecule has 0 aliphatic heterocycles. The van der Waals surface area contributed by atoms with E-state index in [1.165, 1.54) is 31.4 Å². The van der Waals surface area contributed by atoms with Gasteiger partial charge in [-0.15, -0.1) is 5.10 Å². The minimum Gasteiger partial charge on any atom is -0.469 e. The van der Waals surface area contributed by atoms with Gasteiger partial charge in [0.1, 0.15) is 12.1 Å². The molecule has 0 aliphatic rings. The van der Waals surface area contributed by atoms with Gasteiger partial charge in [-0.1, -0.05) is 17.3 Å². The Kier molecular flexibility index (Phi) is 6.72. The molecule has 3 rings (SSSR count). The van der Waals surface area contributed by atoms with Crippen LogP contribution >= 0.6 is 0 Å². The van der Waals surface area contributed by atoms with E-state index in [4.69, 9.17) is 0 Å². The predicted molar refractivity (Wildman–Crippen MR) is 111 cm³/mol. The van der Waals surface area contributed by atoms with E-state index in [0.717, 1.165) is 4.68 Å². The van der Waals surface area contributed by atoms with Crippen molar-refractivity contribution in [2.45, 2.75) is 17.9 Å². The molecule has 0 spiro atoms. The summed E-state index contributed by atoms with van der Waals surface area (Å²) in [4.78, 5) is 35.7. The molecule has 0 fully saturated rings. The molecule has 31 heavy (non-hydrogen) atoms. The summed E-state index contributed by atoms with van der Waals surface area (Å²) in [6.07, 6.45) is -0.0963. The van der Waals surface area contributed by atoms with Crippen LogP contribution in [-0.2, 0) is 30.9 Å². The smallest absolute Gasteiger partial charge is 0.306 e. The monoisotopic (exact) mass is 445 g/mol. The van der Waals surface area contributed by atoms with Crippen molar-refractivity contribution < 1.29 is 22.7 Å². The van der Waals surface area contributed by atoms with Crippen molar-refractivity contribution in [3.63, 3.8) is 0 Å². The summed E-state index contributed by atoms with van der Waals surface area (Å²) in [6.45, 7) is -0.457. The largest absolute Gasteiger partial charge is 0.469 e. The van der Waals surface area contributed by atoms with Crippen LogP contribution in [0.5, 0.6) is 0 Å². The number of hydrogen-bond donors (Lipinski definition) is 2. The van der Waals surface area contributed by atoms with Crippen molar-refractivity contribution in [3.05, 3.63) is 58.9 Å². The molecule has 1 aromatic heterocycles. The number of aromatic nitrogens is 3. The summed E-state index contributed by atoms with van der Waals surface area (Å²) in [5.41, 5.74) is 0.321. The van der Waals surface area contributed by atoms with E-state index in [-0.39, 0.29) is 24.4 Å². The van der Waals surface area contributed by atoms with Gasteiger partial charge < -0.3 is 10.1 Å². The molecule has 0 aliphatic carbocycles. The van der Waals surface area contributed by atoms with E-state index in [0.29, 0.717) is 16.6 Å². The van der Waals surface area contributed by atoms with E-state index in [1.807, 2.05) is 0 Å². The van der Waals surface area contributed by atoms with Gasteiger partial charge in [-0.05, 0) is 36.4 Å². The SMILES string of the molecule is COC(=O)CCNS(=O)(=O)c1ccc(NC(=O)Cn2nnc3ccccc3c2=O)cc1. The summed E-state index contributed by atoms with van der Waals surface area (Å²) in [6, 6.07) is 12.1. The zero-order valence-corrected chi connectivity index (χ0v) is 17.3. The van der Waals surface area contributed by atoms with Crippen LogP contribution in [0.25, 0.3) is 10.9 Å². The van der Waals surface area contributed by atoms with Crippen LogP contribution in [-0.4, -0.2) is 48.9 Å². The summed E-state index contributed by atoms with van der Waals surface area (Å²) in [5, 5.41) is 10.6. The lowest BCUT2D eigenvalue weighted by atomic mass is 10.2. The molecule has 0 saturated heterocycles. The number of anilines is 1. The first-order valence-electron chi connectivity index (χ1n) is 9.09. The zero-order chi connectivity index (χ0) is 22.4. The third-order valence-electron chi connectivity index (χ3n) is 4.22. The van der Waals surface area contributed by atoms with E-state index in [9.17, 15) is 22.8 Å². The van der Waals surface area contributed by atoms with Crippen molar-refractivity contribution in [2.75, 3.05) is 19.0 Å². The number of rotatable bonds is 8. The number of nitrogens with zero attached hydrogens (tertiary/aromatic N) is 3. The van der Waals surface area contributed by atoms with Crippen LogP contribution in [0.1, 0.15) is 6.42 Å². The first-order chi connectivity index (χ1) is 14.8. The van der Waals surface area contributed by atoms with Crippen LogP contribution in [0.15, 0.2) is 58.2 Å². The van der Waals surface area contributed by atoms with Gasteiger partial charge in [0, 0.05) is 12.2 Å². The second kappa shape index (κ2) is 9.45. The number of carbonyl (C=O) groups is 2. The molecule has 12 heteroatoms. The van der Waals surface area contributed by atoms with Crippen molar-refractivity contribution in [1.29, 1.82) is 0 Å². The first-order valence-corrected chi connectivity index (χ1v) is 10.6. The van der Waals surface area contributed by atoms with Crippen LogP contribution < -0.4 is 15.6 Å². The van der Waals surface area contributed by atoms with Crippen LogP contribution in [0.3, 0.4) is 0 Å². The summed E-state index contributed by atoms with van der Waals surface area (Å²) in [5.74, 6) is -1.06. The number of amides is 1. The number of hydrogen-bond acceptors (Lipinski definition) is 8. The maximum absolute atomic E-state index is 12.4. The van der Waals surface area contributed by atoms with E-state index in [1.54, 1.807) is 24.3 Å². The highest BCUT2D eigenvalue weighted by atomic mass is 32.2. The Balaban J connectivity index is 1.63. The highest BCUT2D eigenvalue weighted by Gasteiger charge is 2.15. The second-order valence-corrected chi connectivity index (χ2v) is 8.13. The van der Waals surface area contributed by atoms with Crippen molar-refractivity contribution >= 4 is 38.5 Å². The molecule has 0 unspecified atom stereocenters. The fourth-order valence-electron chi connectivity index (χ4n) is 2.65. The number of carbonyl (C=O) groups excluding carboxylic acids is 2. The maximum atomic E-state index is 12.4. The van der Waals surface area contributed by atoms with Crippen molar-refractivity contribution in [3.8, 4) is 0 Å². The Bertz CT molecular complexity index is 1270. The van der Waals surface area contributed by atoms with E-state index in [2.05, 4.69) is 25.1 Å². The van der Waals surface area contributed by atoms with Gasteiger partial charge in [-0.25, -0.2) is 17.8 Å². The lowest BCUT2D eigenvalue weighted by Crippen LogP contribution is -2.30. The van der Waals surface area contributed by atoms with Crippen molar-refractivity contribution in [1.82, 2.24) is 19.7 Å². The molecular formula is C19H19N5O6S.